The third-order valence-corrected chi connectivity index (χ3v) is 4.17. The third-order valence-electron chi connectivity index (χ3n) is 3.45. The van der Waals surface area contributed by atoms with Gasteiger partial charge in [-0.25, -0.2) is 0 Å². The minimum absolute atomic E-state index is 0.489. The Kier molecular flexibility index (Phi) is 2.39. The van der Waals surface area contributed by atoms with Crippen molar-refractivity contribution in [3.8, 4) is 0 Å². The van der Waals surface area contributed by atoms with Gasteiger partial charge in [-0.2, -0.15) is 0 Å². The summed E-state index contributed by atoms with van der Waals surface area (Å²) in [5.74, 6) is 0. The van der Waals surface area contributed by atoms with Gasteiger partial charge in [-0.15, -0.1) is 0 Å². The Morgan fingerprint density at radius 1 is 1.20 bits per heavy atom. The van der Waals surface area contributed by atoms with E-state index in [0.29, 0.717) is 5.41 Å². The standard InChI is InChI=1S/C12H14INO/c13-10-1-3-11(4-2-10)14-6-5-12(7-14)8-15-9-12/h1-4H,5-9H2. The predicted molar refractivity (Wildman–Crippen MR) is 69.2 cm³/mol. The molecule has 80 valence electrons. The van der Waals surface area contributed by atoms with Crippen molar-refractivity contribution >= 4 is 28.3 Å². The van der Waals surface area contributed by atoms with Crippen LogP contribution >= 0.6 is 22.6 Å². The molecule has 0 amide bonds. The highest BCUT2D eigenvalue weighted by Crippen LogP contribution is 2.39. The maximum Gasteiger partial charge on any atom is 0.0562 e. The lowest BCUT2D eigenvalue weighted by atomic mass is 9.85. The fourth-order valence-electron chi connectivity index (χ4n) is 2.43. The highest BCUT2D eigenvalue weighted by atomic mass is 127. The summed E-state index contributed by atoms with van der Waals surface area (Å²) >= 11 is 2.35. The van der Waals surface area contributed by atoms with E-state index in [1.165, 1.54) is 28.8 Å². The van der Waals surface area contributed by atoms with Crippen LogP contribution < -0.4 is 4.90 Å². The lowest BCUT2D eigenvalue weighted by molar-refractivity contribution is -0.0985. The molecule has 0 N–H and O–H groups in total. The van der Waals surface area contributed by atoms with E-state index in [4.69, 9.17) is 4.74 Å². The van der Waals surface area contributed by atoms with Crippen molar-refractivity contribution in [2.75, 3.05) is 31.2 Å². The lowest BCUT2D eigenvalue weighted by Gasteiger charge is -2.37. The molecule has 0 aromatic heterocycles. The second kappa shape index (κ2) is 3.63. The van der Waals surface area contributed by atoms with Crippen LogP contribution in [-0.4, -0.2) is 26.3 Å². The molecule has 1 aromatic carbocycles. The average Bonchev–Trinajstić information content (AvgIpc) is 2.63. The average molecular weight is 315 g/mol. The molecule has 1 spiro atoms. The summed E-state index contributed by atoms with van der Waals surface area (Å²) < 4.78 is 6.64. The van der Waals surface area contributed by atoms with Crippen LogP contribution in [0.3, 0.4) is 0 Å². The number of ether oxygens (including phenoxy) is 1. The van der Waals surface area contributed by atoms with E-state index in [0.717, 1.165) is 13.2 Å². The van der Waals surface area contributed by atoms with Crippen molar-refractivity contribution in [2.45, 2.75) is 6.42 Å². The Bertz CT molecular complexity index is 358. The Labute approximate surface area is 104 Å². The van der Waals surface area contributed by atoms with Gasteiger partial charge in [-0.05, 0) is 53.3 Å². The zero-order valence-corrected chi connectivity index (χ0v) is 10.7. The highest BCUT2D eigenvalue weighted by Gasteiger charge is 2.44. The van der Waals surface area contributed by atoms with E-state index >= 15 is 0 Å². The van der Waals surface area contributed by atoms with Crippen LogP contribution in [0.25, 0.3) is 0 Å². The molecule has 2 fully saturated rings. The van der Waals surface area contributed by atoms with Crippen molar-refractivity contribution in [1.82, 2.24) is 0 Å². The SMILES string of the molecule is Ic1ccc(N2CCC3(COC3)C2)cc1. The van der Waals surface area contributed by atoms with Gasteiger partial charge in [0.1, 0.15) is 0 Å². The number of nitrogens with zero attached hydrogens (tertiary/aromatic N) is 1. The molecule has 3 rings (SSSR count). The van der Waals surface area contributed by atoms with Gasteiger partial charge in [0.05, 0.1) is 13.2 Å². The molecule has 1 aromatic rings. The molecule has 0 atom stereocenters. The van der Waals surface area contributed by atoms with Gasteiger partial charge < -0.3 is 9.64 Å². The maximum absolute atomic E-state index is 5.34. The van der Waals surface area contributed by atoms with Crippen LogP contribution in [0.1, 0.15) is 6.42 Å². The summed E-state index contributed by atoms with van der Waals surface area (Å²) in [5.41, 5.74) is 1.85. The number of hydrogen-bond donors (Lipinski definition) is 0. The monoisotopic (exact) mass is 315 g/mol. The Morgan fingerprint density at radius 3 is 2.47 bits per heavy atom. The van der Waals surface area contributed by atoms with E-state index < -0.39 is 0 Å². The largest absolute Gasteiger partial charge is 0.380 e. The molecule has 2 nitrogen and oxygen atoms in total. The normalized spacial score (nSPS) is 23.1. The minimum atomic E-state index is 0.489. The number of anilines is 1. The fraction of sp³-hybridized carbons (Fsp3) is 0.500. The zero-order chi connectivity index (χ0) is 10.3. The summed E-state index contributed by atoms with van der Waals surface area (Å²) in [6.45, 7) is 4.29. The van der Waals surface area contributed by atoms with Crippen LogP contribution in [0.15, 0.2) is 24.3 Å². The minimum Gasteiger partial charge on any atom is -0.380 e. The van der Waals surface area contributed by atoms with Crippen molar-refractivity contribution in [1.29, 1.82) is 0 Å². The van der Waals surface area contributed by atoms with E-state index in [2.05, 4.69) is 51.8 Å². The quantitative estimate of drug-likeness (QED) is 0.739. The number of benzene rings is 1. The van der Waals surface area contributed by atoms with Crippen LogP contribution in [0.4, 0.5) is 5.69 Å². The molecule has 2 heterocycles. The Hall–Kier alpha value is -0.290. The molecule has 0 aliphatic carbocycles. The molecule has 2 aliphatic rings. The first kappa shape index (κ1) is 9.90. The summed E-state index contributed by atoms with van der Waals surface area (Å²) in [6.07, 6.45) is 1.29. The first-order chi connectivity index (χ1) is 7.27. The molecule has 0 bridgehead atoms. The number of halogens is 1. The van der Waals surface area contributed by atoms with Crippen molar-refractivity contribution < 1.29 is 4.74 Å². The third kappa shape index (κ3) is 1.76. The van der Waals surface area contributed by atoms with Gasteiger partial charge in [0.15, 0.2) is 0 Å². The smallest absolute Gasteiger partial charge is 0.0562 e. The lowest BCUT2D eigenvalue weighted by Crippen LogP contribution is -2.44. The van der Waals surface area contributed by atoms with Crippen molar-refractivity contribution in [3.05, 3.63) is 27.8 Å². The van der Waals surface area contributed by atoms with Gasteiger partial charge in [0.2, 0.25) is 0 Å². The van der Waals surface area contributed by atoms with Crippen LogP contribution in [-0.2, 0) is 4.74 Å². The van der Waals surface area contributed by atoms with Crippen LogP contribution in [0, 0.1) is 8.99 Å². The van der Waals surface area contributed by atoms with Gasteiger partial charge in [0, 0.05) is 27.8 Å². The molecule has 2 saturated heterocycles. The highest BCUT2D eigenvalue weighted by molar-refractivity contribution is 14.1. The van der Waals surface area contributed by atoms with Crippen LogP contribution in [0.2, 0.25) is 0 Å². The van der Waals surface area contributed by atoms with E-state index in [-0.39, 0.29) is 0 Å². The van der Waals surface area contributed by atoms with Gasteiger partial charge in [-0.1, -0.05) is 0 Å². The fourth-order valence-corrected chi connectivity index (χ4v) is 2.79. The second-order valence-electron chi connectivity index (χ2n) is 4.64. The molecule has 0 radical (unpaired) electrons. The maximum atomic E-state index is 5.34. The first-order valence-electron chi connectivity index (χ1n) is 5.36. The molecule has 0 saturated carbocycles. The van der Waals surface area contributed by atoms with Gasteiger partial charge in [-0.3, -0.25) is 0 Å². The first-order valence-corrected chi connectivity index (χ1v) is 6.44. The van der Waals surface area contributed by atoms with Crippen molar-refractivity contribution in [3.63, 3.8) is 0 Å². The second-order valence-corrected chi connectivity index (χ2v) is 5.89. The summed E-state index contributed by atoms with van der Waals surface area (Å²) in [4.78, 5) is 2.48. The molecule has 0 unspecified atom stereocenters. The molecule has 2 aliphatic heterocycles. The predicted octanol–water partition coefficient (Wildman–Crippen LogP) is 2.52. The van der Waals surface area contributed by atoms with Crippen LogP contribution in [0.5, 0.6) is 0 Å². The molecule has 15 heavy (non-hydrogen) atoms. The zero-order valence-electron chi connectivity index (χ0n) is 8.58. The summed E-state index contributed by atoms with van der Waals surface area (Å²) in [5, 5.41) is 0. The van der Waals surface area contributed by atoms with E-state index in [1.807, 2.05) is 0 Å². The van der Waals surface area contributed by atoms with Gasteiger partial charge in [0.25, 0.3) is 0 Å². The van der Waals surface area contributed by atoms with Gasteiger partial charge >= 0.3 is 0 Å². The topological polar surface area (TPSA) is 12.5 Å². The Morgan fingerprint density at radius 2 is 1.93 bits per heavy atom. The summed E-state index contributed by atoms with van der Waals surface area (Å²) in [7, 11) is 0. The molecular formula is C12H14INO. The number of rotatable bonds is 1. The molecular weight excluding hydrogens is 301 g/mol. The molecule has 3 heteroatoms. The summed E-state index contributed by atoms with van der Waals surface area (Å²) in [6, 6.07) is 8.80. The number of hydrogen-bond acceptors (Lipinski definition) is 2. The Balaban J connectivity index is 1.76. The van der Waals surface area contributed by atoms with Crippen molar-refractivity contribution in [2.24, 2.45) is 5.41 Å². The van der Waals surface area contributed by atoms with E-state index in [1.54, 1.807) is 0 Å². The van der Waals surface area contributed by atoms with E-state index in [9.17, 15) is 0 Å².